The van der Waals surface area contributed by atoms with Gasteiger partial charge in [0.25, 0.3) is 5.91 Å². The fourth-order valence-corrected chi connectivity index (χ4v) is 4.28. The normalized spacial score (nSPS) is 18.8. The number of nitrogens with zero attached hydrogens (tertiary/aromatic N) is 3. The van der Waals surface area contributed by atoms with Crippen LogP contribution in [-0.2, 0) is 0 Å². The summed E-state index contributed by atoms with van der Waals surface area (Å²) in [5, 5.41) is 12.5. The fraction of sp³-hybridized carbons (Fsp3) is 0.200. The van der Waals surface area contributed by atoms with Gasteiger partial charge < -0.3 is 14.7 Å². The molecule has 2 aliphatic rings. The summed E-state index contributed by atoms with van der Waals surface area (Å²) in [7, 11) is 0. The van der Waals surface area contributed by atoms with Crippen molar-refractivity contribution in [3.63, 3.8) is 0 Å². The summed E-state index contributed by atoms with van der Waals surface area (Å²) < 4.78 is 7.73. The molecule has 0 fully saturated rings. The third kappa shape index (κ3) is 3.32. The van der Waals surface area contributed by atoms with Gasteiger partial charge in [-0.15, -0.1) is 0 Å². The summed E-state index contributed by atoms with van der Waals surface area (Å²) >= 11 is 0. The van der Waals surface area contributed by atoms with Gasteiger partial charge in [-0.25, -0.2) is 0 Å². The van der Waals surface area contributed by atoms with Crippen molar-refractivity contribution < 1.29 is 14.6 Å². The van der Waals surface area contributed by atoms with Crippen LogP contribution in [0.2, 0.25) is 0 Å². The van der Waals surface area contributed by atoms with E-state index in [-0.39, 0.29) is 18.4 Å². The minimum Gasteiger partial charge on any atom is -0.502 e. The SMILES string of the molecule is Cc1ccc2c(c1)OC/C=C/CN1CN(C2c2ccccc2)n2ccc(=O)c(O)c2C1=O. The lowest BCUT2D eigenvalue weighted by molar-refractivity contribution is 0.0701. The number of ether oxygens (including phenoxy) is 1. The molecule has 3 aromatic rings. The zero-order valence-electron chi connectivity index (χ0n) is 17.6. The first-order valence-corrected chi connectivity index (χ1v) is 10.5. The van der Waals surface area contributed by atoms with Crippen molar-refractivity contribution in [2.24, 2.45) is 0 Å². The molecule has 162 valence electrons. The lowest BCUT2D eigenvalue weighted by atomic mass is 9.96. The molecular weight excluding hydrogens is 406 g/mol. The maximum absolute atomic E-state index is 13.2. The first-order chi connectivity index (χ1) is 15.5. The first kappa shape index (κ1) is 19.9. The molecule has 2 bridgehead atoms. The monoisotopic (exact) mass is 429 g/mol. The van der Waals surface area contributed by atoms with Crippen LogP contribution in [0, 0.1) is 6.92 Å². The molecule has 7 nitrogen and oxygen atoms in total. The van der Waals surface area contributed by atoms with Crippen LogP contribution in [0.3, 0.4) is 0 Å². The smallest absolute Gasteiger partial charge is 0.278 e. The number of amides is 1. The highest BCUT2D eigenvalue weighted by Gasteiger charge is 2.37. The molecule has 0 saturated heterocycles. The summed E-state index contributed by atoms with van der Waals surface area (Å²) in [6.45, 7) is 2.99. The van der Waals surface area contributed by atoms with E-state index in [4.69, 9.17) is 4.74 Å². The van der Waals surface area contributed by atoms with Crippen LogP contribution in [0.5, 0.6) is 11.5 Å². The van der Waals surface area contributed by atoms with E-state index in [1.807, 2.05) is 72.6 Å². The maximum atomic E-state index is 13.2. The zero-order chi connectivity index (χ0) is 22.2. The van der Waals surface area contributed by atoms with Crippen molar-refractivity contribution >= 4 is 5.91 Å². The van der Waals surface area contributed by atoms with Crippen molar-refractivity contribution in [2.45, 2.75) is 13.0 Å². The van der Waals surface area contributed by atoms with Crippen molar-refractivity contribution in [3.8, 4) is 11.5 Å². The number of aryl methyl sites for hydroxylation is 1. The predicted molar refractivity (Wildman–Crippen MR) is 121 cm³/mol. The molecule has 1 N–H and O–H groups in total. The van der Waals surface area contributed by atoms with E-state index in [0.29, 0.717) is 13.2 Å². The van der Waals surface area contributed by atoms with Crippen LogP contribution in [0.1, 0.15) is 33.2 Å². The predicted octanol–water partition coefficient (Wildman–Crippen LogP) is 2.95. The molecule has 5 rings (SSSR count). The number of pyridine rings is 1. The molecular formula is C25H23N3O4. The van der Waals surface area contributed by atoms with Crippen LogP contribution in [0.25, 0.3) is 0 Å². The molecule has 0 spiro atoms. The number of rotatable bonds is 1. The van der Waals surface area contributed by atoms with Crippen LogP contribution in [-0.4, -0.2) is 40.4 Å². The molecule has 32 heavy (non-hydrogen) atoms. The molecule has 2 aliphatic heterocycles. The van der Waals surface area contributed by atoms with Gasteiger partial charge in [-0.3, -0.25) is 19.3 Å². The summed E-state index contributed by atoms with van der Waals surface area (Å²) in [6, 6.07) is 17.0. The Kier molecular flexibility index (Phi) is 4.93. The molecule has 1 aromatic heterocycles. The van der Waals surface area contributed by atoms with Crippen molar-refractivity contribution in [1.82, 2.24) is 9.58 Å². The summed E-state index contributed by atoms with van der Waals surface area (Å²) in [6.07, 6.45) is 5.29. The number of benzene rings is 2. The van der Waals surface area contributed by atoms with Crippen molar-refractivity contribution in [1.29, 1.82) is 0 Å². The van der Waals surface area contributed by atoms with Crippen LogP contribution >= 0.6 is 0 Å². The van der Waals surface area contributed by atoms with Gasteiger partial charge in [-0.1, -0.05) is 48.5 Å². The van der Waals surface area contributed by atoms with Gasteiger partial charge in [0.2, 0.25) is 5.43 Å². The van der Waals surface area contributed by atoms with E-state index in [0.717, 1.165) is 22.4 Å². The van der Waals surface area contributed by atoms with Gasteiger partial charge in [0, 0.05) is 24.4 Å². The number of carbonyl (C=O) groups is 1. The van der Waals surface area contributed by atoms with Gasteiger partial charge in [0.1, 0.15) is 25.1 Å². The molecule has 7 heteroatoms. The molecule has 3 heterocycles. The Morgan fingerprint density at radius 2 is 1.84 bits per heavy atom. The molecule has 1 amide bonds. The zero-order valence-corrected chi connectivity index (χ0v) is 17.6. The van der Waals surface area contributed by atoms with Gasteiger partial charge in [0.05, 0.1) is 0 Å². The molecule has 0 aliphatic carbocycles. The first-order valence-electron chi connectivity index (χ1n) is 10.5. The summed E-state index contributed by atoms with van der Waals surface area (Å²) in [5.41, 5.74) is 2.38. The quantitative estimate of drug-likeness (QED) is 0.602. The summed E-state index contributed by atoms with van der Waals surface area (Å²) in [5.74, 6) is -0.184. The Labute approximate surface area is 185 Å². The minimum absolute atomic E-state index is 0.0353. The largest absolute Gasteiger partial charge is 0.502 e. The topological polar surface area (TPSA) is 75.0 Å². The van der Waals surface area contributed by atoms with Crippen molar-refractivity contribution in [3.05, 3.63) is 106 Å². The Balaban J connectivity index is 1.80. The molecule has 1 atom stereocenters. The average Bonchev–Trinajstić information content (AvgIpc) is 2.82. The van der Waals surface area contributed by atoms with E-state index in [1.54, 1.807) is 15.8 Å². The highest BCUT2D eigenvalue weighted by molar-refractivity contribution is 5.96. The van der Waals surface area contributed by atoms with Gasteiger partial charge in [-0.05, 0) is 30.2 Å². The number of fused-ring (bicyclic) bond motifs is 5. The lowest BCUT2D eigenvalue weighted by Crippen LogP contribution is -2.55. The Morgan fingerprint density at radius 1 is 1.03 bits per heavy atom. The number of carbonyl (C=O) groups excluding carboxylic acids is 1. The van der Waals surface area contributed by atoms with E-state index in [9.17, 15) is 14.7 Å². The molecule has 1 unspecified atom stereocenters. The molecule has 0 saturated carbocycles. The van der Waals surface area contributed by atoms with Gasteiger partial charge >= 0.3 is 0 Å². The third-order valence-electron chi connectivity index (χ3n) is 5.84. The van der Waals surface area contributed by atoms with Gasteiger partial charge in [-0.2, -0.15) is 0 Å². The van der Waals surface area contributed by atoms with Crippen LogP contribution in [0.15, 0.2) is 77.7 Å². The second kappa shape index (κ2) is 7.92. The third-order valence-corrected chi connectivity index (χ3v) is 5.84. The number of aromatic nitrogens is 1. The van der Waals surface area contributed by atoms with Gasteiger partial charge in [0.15, 0.2) is 11.4 Å². The van der Waals surface area contributed by atoms with E-state index in [2.05, 4.69) is 0 Å². The number of aromatic hydroxyl groups is 1. The Bertz CT molecular complexity index is 1270. The minimum atomic E-state index is -0.582. The van der Waals surface area contributed by atoms with Crippen LogP contribution in [0.4, 0.5) is 0 Å². The Hall–Kier alpha value is -4.00. The highest BCUT2D eigenvalue weighted by atomic mass is 16.5. The summed E-state index contributed by atoms with van der Waals surface area (Å²) in [4.78, 5) is 27.0. The maximum Gasteiger partial charge on any atom is 0.278 e. The average molecular weight is 429 g/mol. The standard InChI is InChI=1S/C25H23N3O4/c1-17-9-10-19-21(15-17)32-14-6-5-12-26-16-28(22(19)18-7-3-2-4-8-18)27-13-11-20(29)24(30)23(27)25(26)31/h2-11,13,15,22,30H,12,14,16H2,1H3/b6-5+. The lowest BCUT2D eigenvalue weighted by Gasteiger charge is -2.43. The number of hydrogen-bond donors (Lipinski definition) is 1. The molecule has 0 radical (unpaired) electrons. The van der Waals surface area contributed by atoms with Crippen molar-refractivity contribution in [2.75, 3.05) is 24.8 Å². The second-order valence-corrected chi connectivity index (χ2v) is 7.97. The van der Waals surface area contributed by atoms with Crippen LogP contribution < -0.4 is 15.2 Å². The highest BCUT2D eigenvalue weighted by Crippen LogP contribution is 2.37. The Morgan fingerprint density at radius 3 is 2.66 bits per heavy atom. The van der Waals surface area contributed by atoms with E-state index in [1.165, 1.54) is 6.07 Å². The second-order valence-electron chi connectivity index (χ2n) is 7.97. The van der Waals surface area contributed by atoms with E-state index < -0.39 is 17.1 Å². The fourth-order valence-electron chi connectivity index (χ4n) is 4.28. The molecule has 2 aromatic carbocycles. The van der Waals surface area contributed by atoms with E-state index >= 15 is 0 Å². The number of hydrogen-bond acceptors (Lipinski definition) is 5.